The maximum atomic E-state index is 11.6. The normalized spacial score (nSPS) is 29.0. The minimum absolute atomic E-state index is 0.105. The van der Waals surface area contributed by atoms with Crippen molar-refractivity contribution in [2.45, 2.75) is 12.5 Å². The number of hydrogen-bond donors (Lipinski definition) is 3. The van der Waals surface area contributed by atoms with Gasteiger partial charge in [0.2, 0.25) is 10.0 Å². The van der Waals surface area contributed by atoms with E-state index in [4.69, 9.17) is 0 Å². The van der Waals surface area contributed by atoms with E-state index in [1.807, 2.05) is 0 Å². The van der Waals surface area contributed by atoms with E-state index in [1.165, 1.54) is 0 Å². The minimum Gasteiger partial charge on any atom is -0.316 e. The molecule has 2 heterocycles. The fraction of sp³-hybridized carbons (Fsp3) is 1.00. The zero-order valence-corrected chi connectivity index (χ0v) is 8.94. The quantitative estimate of drug-likeness (QED) is 0.537. The Morgan fingerprint density at radius 2 is 2.00 bits per heavy atom. The number of hydrogen-bond acceptors (Lipinski definition) is 4. The molecule has 6 heteroatoms. The van der Waals surface area contributed by atoms with Crippen molar-refractivity contribution in [3.05, 3.63) is 0 Å². The smallest absolute Gasteiger partial charge is 0.212 e. The van der Waals surface area contributed by atoms with Gasteiger partial charge in [-0.1, -0.05) is 0 Å². The first-order valence-corrected chi connectivity index (χ1v) is 6.72. The summed E-state index contributed by atoms with van der Waals surface area (Å²) < 4.78 is 26.0. The van der Waals surface area contributed by atoms with E-state index >= 15 is 0 Å². The molecule has 82 valence electrons. The van der Waals surface area contributed by atoms with Crippen molar-refractivity contribution in [2.24, 2.45) is 5.92 Å². The Morgan fingerprint density at radius 3 is 2.50 bits per heavy atom. The van der Waals surface area contributed by atoms with Crippen LogP contribution in [0.1, 0.15) is 6.42 Å². The van der Waals surface area contributed by atoms with Gasteiger partial charge < -0.3 is 10.6 Å². The average molecular weight is 219 g/mol. The highest BCUT2D eigenvalue weighted by atomic mass is 32.2. The Morgan fingerprint density at radius 1 is 1.21 bits per heavy atom. The van der Waals surface area contributed by atoms with Gasteiger partial charge in [-0.2, -0.15) is 0 Å². The van der Waals surface area contributed by atoms with Crippen LogP contribution in [0, 0.1) is 5.92 Å². The zero-order valence-electron chi connectivity index (χ0n) is 8.12. The lowest BCUT2D eigenvalue weighted by Gasteiger charge is -2.27. The Balaban J connectivity index is 1.81. The second kappa shape index (κ2) is 4.14. The summed E-state index contributed by atoms with van der Waals surface area (Å²) in [5.41, 5.74) is 0. The van der Waals surface area contributed by atoms with Crippen LogP contribution in [-0.2, 0) is 10.0 Å². The summed E-state index contributed by atoms with van der Waals surface area (Å²) in [4.78, 5) is 0. The Hall–Kier alpha value is -0.170. The molecule has 2 fully saturated rings. The first-order chi connectivity index (χ1) is 6.66. The molecule has 2 aliphatic rings. The van der Waals surface area contributed by atoms with E-state index in [1.54, 1.807) is 0 Å². The lowest BCUT2D eigenvalue weighted by atomic mass is 10.1. The van der Waals surface area contributed by atoms with Crippen LogP contribution >= 0.6 is 0 Å². The van der Waals surface area contributed by atoms with Gasteiger partial charge in [0.25, 0.3) is 0 Å². The highest BCUT2D eigenvalue weighted by molar-refractivity contribution is 7.89. The third-order valence-electron chi connectivity index (χ3n) is 2.73. The van der Waals surface area contributed by atoms with E-state index in [0.29, 0.717) is 5.92 Å². The van der Waals surface area contributed by atoms with Crippen molar-refractivity contribution in [3.63, 3.8) is 0 Å². The molecule has 0 aliphatic carbocycles. The molecule has 2 aliphatic heterocycles. The highest BCUT2D eigenvalue weighted by Crippen LogP contribution is 2.07. The van der Waals surface area contributed by atoms with Crippen molar-refractivity contribution in [2.75, 3.05) is 31.9 Å². The van der Waals surface area contributed by atoms with Crippen LogP contribution in [0.2, 0.25) is 0 Å². The van der Waals surface area contributed by atoms with Crippen LogP contribution in [0.3, 0.4) is 0 Å². The number of rotatable bonds is 4. The molecule has 0 aromatic heterocycles. The summed E-state index contributed by atoms with van der Waals surface area (Å²) in [6.45, 7) is 3.36. The molecule has 1 atom stereocenters. The van der Waals surface area contributed by atoms with Crippen molar-refractivity contribution < 1.29 is 8.42 Å². The summed E-state index contributed by atoms with van der Waals surface area (Å²) in [7, 11) is -3.06. The maximum Gasteiger partial charge on any atom is 0.212 e. The third kappa shape index (κ3) is 2.66. The molecule has 5 nitrogen and oxygen atoms in total. The van der Waals surface area contributed by atoms with Gasteiger partial charge in [-0.25, -0.2) is 13.1 Å². The fourth-order valence-electron chi connectivity index (χ4n) is 1.83. The predicted octanol–water partition coefficient (Wildman–Crippen LogP) is -1.51. The molecule has 0 aromatic rings. The molecule has 0 aromatic carbocycles. The summed E-state index contributed by atoms with van der Waals surface area (Å²) in [5, 5.41) is 6.21. The van der Waals surface area contributed by atoms with E-state index in [0.717, 1.165) is 32.6 Å². The van der Waals surface area contributed by atoms with Gasteiger partial charge in [0.1, 0.15) is 0 Å². The predicted molar refractivity (Wildman–Crippen MR) is 54.6 cm³/mol. The van der Waals surface area contributed by atoms with Gasteiger partial charge in [-0.3, -0.25) is 0 Å². The van der Waals surface area contributed by atoms with E-state index in [-0.39, 0.29) is 11.8 Å². The molecule has 0 amide bonds. The average Bonchev–Trinajstić information content (AvgIpc) is 2.49. The fourth-order valence-corrected chi connectivity index (χ4v) is 3.50. The lowest BCUT2D eigenvalue weighted by Crippen LogP contribution is -2.49. The van der Waals surface area contributed by atoms with E-state index in [9.17, 15) is 8.42 Å². The molecular weight excluding hydrogens is 202 g/mol. The molecular formula is C8H17N3O2S. The number of nitrogens with one attached hydrogen (secondary N) is 3. The summed E-state index contributed by atoms with van der Waals surface area (Å²) in [6.07, 6.45) is 0.905. The Bertz CT molecular complexity index is 281. The molecule has 1 unspecified atom stereocenters. The van der Waals surface area contributed by atoms with Crippen LogP contribution < -0.4 is 15.4 Å². The highest BCUT2D eigenvalue weighted by Gasteiger charge is 2.27. The molecule has 0 saturated carbocycles. The Labute approximate surface area is 84.7 Å². The van der Waals surface area contributed by atoms with E-state index < -0.39 is 10.0 Å². The molecule has 0 spiro atoms. The van der Waals surface area contributed by atoms with Gasteiger partial charge in [-0.05, 0) is 18.9 Å². The maximum absolute atomic E-state index is 11.6. The summed E-state index contributed by atoms with van der Waals surface area (Å²) >= 11 is 0. The van der Waals surface area contributed by atoms with Crippen molar-refractivity contribution in [1.82, 2.24) is 15.4 Å². The summed E-state index contributed by atoms with van der Waals surface area (Å²) in [6, 6.07) is 0.105. The molecule has 2 saturated heterocycles. The standard InChI is InChI=1S/C8H17N3O2S/c12-14(13,6-7-3-10-4-7)11-8-1-2-9-5-8/h7-11H,1-6H2. The lowest BCUT2D eigenvalue weighted by molar-refractivity contribution is 0.376. The second-order valence-corrected chi connectivity index (χ2v) is 5.91. The van der Waals surface area contributed by atoms with E-state index in [2.05, 4.69) is 15.4 Å². The van der Waals surface area contributed by atoms with Crippen LogP contribution in [0.15, 0.2) is 0 Å². The molecule has 2 rings (SSSR count). The van der Waals surface area contributed by atoms with Crippen LogP contribution in [-0.4, -0.2) is 46.4 Å². The minimum atomic E-state index is -3.06. The van der Waals surface area contributed by atoms with Crippen molar-refractivity contribution in [1.29, 1.82) is 0 Å². The molecule has 3 N–H and O–H groups in total. The van der Waals surface area contributed by atoms with Gasteiger partial charge in [-0.15, -0.1) is 0 Å². The Kier molecular flexibility index (Phi) is 3.06. The molecule has 0 radical (unpaired) electrons. The van der Waals surface area contributed by atoms with Gasteiger partial charge in [0.15, 0.2) is 0 Å². The van der Waals surface area contributed by atoms with Crippen molar-refractivity contribution >= 4 is 10.0 Å². The first-order valence-electron chi connectivity index (χ1n) is 5.07. The van der Waals surface area contributed by atoms with Gasteiger partial charge in [0, 0.05) is 25.7 Å². The second-order valence-electron chi connectivity index (χ2n) is 4.11. The van der Waals surface area contributed by atoms with Crippen LogP contribution in [0.25, 0.3) is 0 Å². The molecule has 14 heavy (non-hydrogen) atoms. The van der Waals surface area contributed by atoms with Crippen molar-refractivity contribution in [3.8, 4) is 0 Å². The van der Waals surface area contributed by atoms with Crippen LogP contribution in [0.4, 0.5) is 0 Å². The molecule has 0 bridgehead atoms. The van der Waals surface area contributed by atoms with Gasteiger partial charge >= 0.3 is 0 Å². The zero-order chi connectivity index (χ0) is 10.0. The summed E-state index contributed by atoms with van der Waals surface area (Å²) in [5.74, 6) is 0.582. The monoisotopic (exact) mass is 219 g/mol. The number of sulfonamides is 1. The third-order valence-corrected chi connectivity index (χ3v) is 4.33. The van der Waals surface area contributed by atoms with Crippen LogP contribution in [0.5, 0.6) is 0 Å². The van der Waals surface area contributed by atoms with Gasteiger partial charge in [0.05, 0.1) is 5.75 Å². The first kappa shape index (κ1) is 10.4. The SMILES string of the molecule is O=S(=O)(CC1CNC1)NC1CCNC1. The largest absolute Gasteiger partial charge is 0.316 e. The topological polar surface area (TPSA) is 70.2 Å².